The molecule has 1 heterocycles. The van der Waals surface area contributed by atoms with E-state index in [4.69, 9.17) is 14.6 Å². The summed E-state index contributed by atoms with van der Waals surface area (Å²) in [5, 5.41) is 8.26. The molecule has 0 radical (unpaired) electrons. The Kier molecular flexibility index (Phi) is 3.50. The van der Waals surface area contributed by atoms with E-state index in [-0.39, 0.29) is 6.10 Å². The van der Waals surface area contributed by atoms with Crippen molar-refractivity contribution in [3.63, 3.8) is 0 Å². The molecule has 78 valence electrons. The van der Waals surface area contributed by atoms with Crippen LogP contribution in [0.25, 0.3) is 0 Å². The van der Waals surface area contributed by atoms with Crippen LogP contribution in [-0.2, 0) is 9.47 Å². The van der Waals surface area contributed by atoms with Gasteiger partial charge in [-0.2, -0.15) is 4.99 Å². The number of ether oxygens (including phenoxy) is 2. The van der Waals surface area contributed by atoms with Crippen LogP contribution >= 0.6 is 0 Å². The van der Waals surface area contributed by atoms with Crippen LogP contribution in [-0.4, -0.2) is 30.1 Å². The van der Waals surface area contributed by atoms with Gasteiger partial charge in [0.2, 0.25) is 0 Å². The first-order chi connectivity index (χ1) is 6.65. The van der Waals surface area contributed by atoms with E-state index in [0.717, 1.165) is 6.42 Å². The van der Waals surface area contributed by atoms with Crippen LogP contribution in [0.3, 0.4) is 0 Å². The third-order valence-electron chi connectivity index (χ3n) is 1.65. The Bertz CT molecular complexity index is 283. The Hall–Kier alpha value is -1.52. The van der Waals surface area contributed by atoms with E-state index in [1.165, 1.54) is 6.21 Å². The highest BCUT2D eigenvalue weighted by molar-refractivity contribution is 5.83. The summed E-state index contributed by atoms with van der Waals surface area (Å²) in [5.74, 6) is 1.37. The molecule has 0 bridgehead atoms. The van der Waals surface area contributed by atoms with Crippen LogP contribution in [0.5, 0.6) is 0 Å². The second-order valence-electron chi connectivity index (χ2n) is 2.87. The van der Waals surface area contributed by atoms with Gasteiger partial charge in [-0.15, -0.1) is 0 Å². The van der Waals surface area contributed by atoms with Crippen molar-refractivity contribution >= 4 is 12.3 Å². The van der Waals surface area contributed by atoms with Crippen molar-refractivity contribution < 1.29 is 19.4 Å². The maximum Gasteiger partial charge on any atom is 0.430 e. The lowest BCUT2D eigenvalue weighted by molar-refractivity contribution is 0.205. The predicted molar refractivity (Wildman–Crippen MR) is 50.3 cm³/mol. The number of aliphatic imine (C=N–C) groups is 1. The normalized spacial score (nSPS) is 23.1. The summed E-state index contributed by atoms with van der Waals surface area (Å²) in [7, 11) is 0. The number of allylic oxidation sites excluding steroid dienone is 1. The highest BCUT2D eigenvalue weighted by Crippen LogP contribution is 2.29. The molecule has 1 unspecified atom stereocenters. The number of hydrogen-bond donors (Lipinski definition) is 1. The van der Waals surface area contributed by atoms with Crippen molar-refractivity contribution in [1.82, 2.24) is 0 Å². The molecule has 0 aromatic rings. The number of rotatable bonds is 4. The topological polar surface area (TPSA) is 71.4 Å². The molecule has 1 aliphatic heterocycles. The summed E-state index contributed by atoms with van der Waals surface area (Å²) < 4.78 is 10.4. The van der Waals surface area contributed by atoms with Crippen molar-refractivity contribution in [3.05, 3.63) is 11.5 Å². The fourth-order valence-electron chi connectivity index (χ4n) is 0.942. The molecule has 1 saturated heterocycles. The number of hydrogen-bond acceptors (Lipinski definition) is 3. The average molecular weight is 199 g/mol. The molecule has 1 amide bonds. The zero-order valence-electron chi connectivity index (χ0n) is 8.19. The summed E-state index contributed by atoms with van der Waals surface area (Å²) >= 11 is 0. The quantitative estimate of drug-likeness (QED) is 0.425. The summed E-state index contributed by atoms with van der Waals surface area (Å²) in [6.07, 6.45) is 0.643. The zero-order valence-corrected chi connectivity index (χ0v) is 8.19. The first kappa shape index (κ1) is 10.6. The number of nitrogens with zero attached hydrogens (tertiary/aromatic N) is 1. The molecule has 14 heavy (non-hydrogen) atoms. The number of carbonyl (C=O) groups is 1. The maximum atomic E-state index is 10.1. The van der Waals surface area contributed by atoms with Crippen molar-refractivity contribution in [2.24, 2.45) is 4.99 Å². The fourth-order valence-corrected chi connectivity index (χ4v) is 0.942. The molecule has 1 aliphatic rings. The van der Waals surface area contributed by atoms with Crippen LogP contribution in [0.2, 0.25) is 0 Å². The van der Waals surface area contributed by atoms with Crippen molar-refractivity contribution in [2.45, 2.75) is 26.4 Å². The first-order valence-electron chi connectivity index (χ1n) is 4.42. The highest BCUT2D eigenvalue weighted by Gasteiger charge is 2.34. The number of epoxide rings is 1. The largest absolute Gasteiger partial charge is 0.495 e. The second kappa shape index (κ2) is 4.64. The second-order valence-corrected chi connectivity index (χ2v) is 2.87. The third-order valence-corrected chi connectivity index (χ3v) is 1.65. The van der Waals surface area contributed by atoms with E-state index in [1.54, 1.807) is 6.92 Å². The van der Waals surface area contributed by atoms with Crippen LogP contribution in [0, 0.1) is 0 Å². The number of amides is 1. The molecule has 1 fully saturated rings. The molecule has 1 atom stereocenters. The lowest BCUT2D eigenvalue weighted by atomic mass is 10.4. The molecule has 1 N–H and O–H groups in total. The summed E-state index contributed by atoms with van der Waals surface area (Å²) in [6, 6.07) is 0. The van der Waals surface area contributed by atoms with Gasteiger partial charge in [-0.05, 0) is 13.3 Å². The smallest absolute Gasteiger partial charge is 0.430 e. The van der Waals surface area contributed by atoms with Gasteiger partial charge in [-0.1, -0.05) is 6.92 Å². The van der Waals surface area contributed by atoms with Crippen LogP contribution in [0.4, 0.5) is 4.79 Å². The van der Waals surface area contributed by atoms with Crippen molar-refractivity contribution in [2.75, 3.05) is 6.61 Å². The first-order valence-corrected chi connectivity index (χ1v) is 4.42. The van der Waals surface area contributed by atoms with Crippen LogP contribution < -0.4 is 0 Å². The minimum Gasteiger partial charge on any atom is -0.495 e. The van der Waals surface area contributed by atoms with Crippen LogP contribution in [0.1, 0.15) is 20.3 Å². The molecule has 0 aliphatic carbocycles. The summed E-state index contributed by atoms with van der Waals surface area (Å²) in [6.45, 7) is 4.44. The van der Waals surface area contributed by atoms with E-state index in [0.29, 0.717) is 18.1 Å². The Morgan fingerprint density at radius 2 is 2.50 bits per heavy atom. The zero-order chi connectivity index (χ0) is 10.6. The molecular weight excluding hydrogens is 186 g/mol. The lowest BCUT2D eigenvalue weighted by Gasteiger charge is -2.00. The molecule has 0 saturated carbocycles. The Morgan fingerprint density at radius 1 is 1.79 bits per heavy atom. The minimum atomic E-state index is -1.22. The SMILES string of the molecule is CCCO/C(C)=C1\OC1/C=N/C(=O)O. The van der Waals surface area contributed by atoms with Gasteiger partial charge in [0.1, 0.15) is 5.76 Å². The van der Waals surface area contributed by atoms with Crippen molar-refractivity contribution in [1.29, 1.82) is 0 Å². The minimum absolute atomic E-state index is 0.317. The Balaban J connectivity index is 2.40. The standard InChI is InChI=1S/C9H13NO4/c1-3-4-13-6(2)8-7(14-8)5-10-9(11)12/h5,7H,3-4H2,1-2H3,(H,11,12)/b8-6-,10-5+. The van der Waals surface area contributed by atoms with E-state index < -0.39 is 6.09 Å². The number of carboxylic acid groups (broad SMARTS) is 1. The van der Waals surface area contributed by atoms with Gasteiger partial charge in [0.15, 0.2) is 11.9 Å². The van der Waals surface area contributed by atoms with Gasteiger partial charge in [0, 0.05) is 0 Å². The Morgan fingerprint density at radius 3 is 3.07 bits per heavy atom. The lowest BCUT2D eigenvalue weighted by Crippen LogP contribution is -1.94. The third kappa shape index (κ3) is 3.08. The molecule has 1 rings (SSSR count). The van der Waals surface area contributed by atoms with Gasteiger partial charge in [-0.25, -0.2) is 4.79 Å². The molecule has 0 aromatic carbocycles. The van der Waals surface area contributed by atoms with Crippen molar-refractivity contribution in [3.8, 4) is 0 Å². The molecule has 5 nitrogen and oxygen atoms in total. The fraction of sp³-hybridized carbons (Fsp3) is 0.556. The van der Waals surface area contributed by atoms with E-state index in [1.807, 2.05) is 6.92 Å². The van der Waals surface area contributed by atoms with Gasteiger partial charge >= 0.3 is 6.09 Å². The summed E-state index contributed by atoms with van der Waals surface area (Å²) in [4.78, 5) is 13.3. The summed E-state index contributed by atoms with van der Waals surface area (Å²) in [5.41, 5.74) is 0. The van der Waals surface area contributed by atoms with E-state index in [2.05, 4.69) is 4.99 Å². The average Bonchev–Trinajstić information content (AvgIpc) is 2.90. The van der Waals surface area contributed by atoms with Gasteiger partial charge in [0.25, 0.3) is 0 Å². The van der Waals surface area contributed by atoms with E-state index in [9.17, 15) is 4.79 Å². The molecule has 5 heteroatoms. The predicted octanol–water partition coefficient (Wildman–Crippen LogP) is 1.79. The molecule has 0 spiro atoms. The van der Waals surface area contributed by atoms with Crippen LogP contribution in [0.15, 0.2) is 16.5 Å². The Labute approximate surface area is 82.0 Å². The molecule has 0 aromatic heterocycles. The molecular formula is C9H13NO4. The maximum absolute atomic E-state index is 10.1. The van der Waals surface area contributed by atoms with Gasteiger partial charge < -0.3 is 14.6 Å². The van der Waals surface area contributed by atoms with E-state index >= 15 is 0 Å². The monoisotopic (exact) mass is 199 g/mol. The van der Waals surface area contributed by atoms with Gasteiger partial charge in [-0.3, -0.25) is 0 Å². The van der Waals surface area contributed by atoms with Gasteiger partial charge in [0.05, 0.1) is 12.8 Å². The highest BCUT2D eigenvalue weighted by atomic mass is 16.6.